The highest BCUT2D eigenvalue weighted by Gasteiger charge is 2.08. The van der Waals surface area contributed by atoms with Crippen molar-refractivity contribution in [1.82, 2.24) is 10.6 Å². The summed E-state index contributed by atoms with van der Waals surface area (Å²) in [4.78, 5) is 24.2. The molecule has 0 radical (unpaired) electrons. The molecule has 0 atom stereocenters. The number of hydrogen-bond acceptors (Lipinski definition) is 3. The van der Waals surface area contributed by atoms with E-state index in [1.54, 1.807) is 42.5 Å². The van der Waals surface area contributed by atoms with Gasteiger partial charge in [0, 0.05) is 24.2 Å². The van der Waals surface area contributed by atoms with Gasteiger partial charge in [-0.1, -0.05) is 48.5 Å². The van der Waals surface area contributed by atoms with E-state index in [1.165, 1.54) is 6.07 Å². The van der Waals surface area contributed by atoms with E-state index < -0.39 is 0 Å². The maximum atomic E-state index is 13.6. The maximum Gasteiger partial charge on any atom is 0.251 e. The zero-order valence-corrected chi connectivity index (χ0v) is 16.4. The molecule has 0 fully saturated rings. The zero-order chi connectivity index (χ0) is 21.2. The summed E-state index contributed by atoms with van der Waals surface area (Å²) in [5.41, 5.74) is 1.78. The standard InChI is InChI=1S/C24H23FN2O3/c25-22-9-5-4-6-20(22)17-27-24(29)19-12-10-18(11-13-19)16-26-23(28)14-15-30-21-7-2-1-3-8-21/h1-13H,14-17H2,(H,26,28)(H,27,29). The topological polar surface area (TPSA) is 67.4 Å². The van der Waals surface area contributed by atoms with Crippen molar-refractivity contribution >= 4 is 11.8 Å². The second-order valence-corrected chi connectivity index (χ2v) is 6.66. The summed E-state index contributed by atoms with van der Waals surface area (Å²) in [5.74, 6) is -0.0169. The van der Waals surface area contributed by atoms with Crippen LogP contribution in [0.25, 0.3) is 0 Å². The molecule has 0 heterocycles. The number of nitrogens with one attached hydrogen (secondary N) is 2. The molecule has 30 heavy (non-hydrogen) atoms. The molecule has 2 amide bonds. The van der Waals surface area contributed by atoms with Crippen molar-refractivity contribution in [3.8, 4) is 5.75 Å². The summed E-state index contributed by atoms with van der Waals surface area (Å²) < 4.78 is 19.1. The Balaban J connectivity index is 1.40. The maximum absolute atomic E-state index is 13.6. The van der Waals surface area contributed by atoms with Crippen LogP contribution >= 0.6 is 0 Å². The van der Waals surface area contributed by atoms with Crippen LogP contribution < -0.4 is 15.4 Å². The number of rotatable bonds is 9. The third kappa shape index (κ3) is 6.44. The first-order valence-corrected chi connectivity index (χ1v) is 9.67. The van der Waals surface area contributed by atoms with Crippen molar-refractivity contribution in [2.75, 3.05) is 6.61 Å². The molecule has 0 aliphatic carbocycles. The van der Waals surface area contributed by atoms with Crippen molar-refractivity contribution in [2.45, 2.75) is 19.5 Å². The average molecular weight is 406 g/mol. The molecule has 3 rings (SSSR count). The lowest BCUT2D eigenvalue weighted by molar-refractivity contribution is -0.121. The van der Waals surface area contributed by atoms with Crippen molar-refractivity contribution in [3.05, 3.63) is 101 Å². The van der Waals surface area contributed by atoms with Crippen LogP contribution in [0.15, 0.2) is 78.9 Å². The largest absolute Gasteiger partial charge is 0.493 e. The van der Waals surface area contributed by atoms with E-state index in [9.17, 15) is 14.0 Å². The Labute approximate surface area is 174 Å². The van der Waals surface area contributed by atoms with Gasteiger partial charge < -0.3 is 15.4 Å². The molecule has 5 nitrogen and oxygen atoms in total. The Morgan fingerprint density at radius 2 is 1.50 bits per heavy atom. The predicted molar refractivity (Wildman–Crippen MR) is 112 cm³/mol. The Hall–Kier alpha value is -3.67. The van der Waals surface area contributed by atoms with E-state index in [0.29, 0.717) is 24.3 Å². The fourth-order valence-electron chi connectivity index (χ4n) is 2.76. The molecule has 0 saturated carbocycles. The van der Waals surface area contributed by atoms with E-state index in [2.05, 4.69) is 10.6 Å². The summed E-state index contributed by atoms with van der Waals surface area (Å²) in [6.07, 6.45) is 0.255. The lowest BCUT2D eigenvalue weighted by Crippen LogP contribution is -2.25. The van der Waals surface area contributed by atoms with Gasteiger partial charge in [0.25, 0.3) is 5.91 Å². The minimum Gasteiger partial charge on any atom is -0.493 e. The highest BCUT2D eigenvalue weighted by molar-refractivity contribution is 5.94. The predicted octanol–water partition coefficient (Wildman–Crippen LogP) is 3.84. The summed E-state index contributed by atoms with van der Waals surface area (Å²) in [6, 6.07) is 22.6. The number of para-hydroxylation sites is 1. The molecule has 0 aromatic heterocycles. The van der Waals surface area contributed by atoms with Gasteiger partial charge in [-0.15, -0.1) is 0 Å². The molecule has 2 N–H and O–H groups in total. The molecule has 0 spiro atoms. The molecule has 6 heteroatoms. The normalized spacial score (nSPS) is 10.3. The van der Waals surface area contributed by atoms with E-state index >= 15 is 0 Å². The molecule has 0 saturated heterocycles. The quantitative estimate of drug-likeness (QED) is 0.567. The van der Waals surface area contributed by atoms with Crippen molar-refractivity contribution in [3.63, 3.8) is 0 Å². The second-order valence-electron chi connectivity index (χ2n) is 6.66. The Kier molecular flexibility index (Phi) is 7.55. The van der Waals surface area contributed by atoms with Crippen LogP contribution in [0.2, 0.25) is 0 Å². The van der Waals surface area contributed by atoms with Crippen LogP contribution in [0.5, 0.6) is 5.75 Å². The van der Waals surface area contributed by atoms with Crippen LogP contribution in [-0.4, -0.2) is 18.4 Å². The number of amides is 2. The zero-order valence-electron chi connectivity index (χ0n) is 16.4. The summed E-state index contributed by atoms with van der Waals surface area (Å²) in [5, 5.41) is 5.53. The molecule has 154 valence electrons. The molecular weight excluding hydrogens is 383 g/mol. The Morgan fingerprint density at radius 3 is 2.23 bits per heavy atom. The van der Waals surface area contributed by atoms with Gasteiger partial charge in [0.05, 0.1) is 13.0 Å². The van der Waals surface area contributed by atoms with Crippen molar-refractivity contribution < 1.29 is 18.7 Å². The smallest absolute Gasteiger partial charge is 0.251 e. The summed E-state index contributed by atoms with van der Waals surface area (Å²) >= 11 is 0. The van der Waals surface area contributed by atoms with Crippen LogP contribution in [0.1, 0.15) is 27.9 Å². The monoisotopic (exact) mass is 406 g/mol. The van der Waals surface area contributed by atoms with Crippen LogP contribution in [0.3, 0.4) is 0 Å². The van der Waals surface area contributed by atoms with Crippen LogP contribution in [0.4, 0.5) is 4.39 Å². The highest BCUT2D eigenvalue weighted by atomic mass is 19.1. The first-order chi connectivity index (χ1) is 14.6. The van der Waals surface area contributed by atoms with Gasteiger partial charge in [0.15, 0.2) is 0 Å². The highest BCUT2D eigenvalue weighted by Crippen LogP contribution is 2.09. The number of halogens is 1. The number of carbonyl (C=O) groups excluding carboxylic acids is 2. The fourth-order valence-corrected chi connectivity index (χ4v) is 2.76. The Morgan fingerprint density at radius 1 is 0.800 bits per heavy atom. The van der Waals surface area contributed by atoms with Crippen molar-refractivity contribution in [1.29, 1.82) is 0 Å². The van der Waals surface area contributed by atoms with Gasteiger partial charge >= 0.3 is 0 Å². The fraction of sp³-hybridized carbons (Fsp3) is 0.167. The molecule has 3 aromatic carbocycles. The average Bonchev–Trinajstić information content (AvgIpc) is 2.78. The second kappa shape index (κ2) is 10.8. The molecule has 0 aliphatic rings. The molecule has 3 aromatic rings. The van der Waals surface area contributed by atoms with Gasteiger partial charge in [-0.05, 0) is 35.9 Å². The van der Waals surface area contributed by atoms with Crippen LogP contribution in [-0.2, 0) is 17.9 Å². The minimum absolute atomic E-state index is 0.113. The van der Waals surface area contributed by atoms with Gasteiger partial charge in [0.2, 0.25) is 5.91 Å². The van der Waals surface area contributed by atoms with Crippen LogP contribution in [0, 0.1) is 5.82 Å². The van der Waals surface area contributed by atoms with Gasteiger partial charge in [0.1, 0.15) is 11.6 Å². The molecule has 0 aliphatic heterocycles. The van der Waals surface area contributed by atoms with Crippen molar-refractivity contribution in [2.24, 2.45) is 0 Å². The van der Waals surface area contributed by atoms with Gasteiger partial charge in [-0.25, -0.2) is 4.39 Å². The first-order valence-electron chi connectivity index (χ1n) is 9.67. The van der Waals surface area contributed by atoms with E-state index in [4.69, 9.17) is 4.74 Å². The molecule has 0 unspecified atom stereocenters. The number of benzene rings is 3. The van der Waals surface area contributed by atoms with Gasteiger partial charge in [-0.2, -0.15) is 0 Å². The third-order valence-corrected chi connectivity index (χ3v) is 4.44. The van der Waals surface area contributed by atoms with E-state index in [-0.39, 0.29) is 30.6 Å². The number of ether oxygens (including phenoxy) is 1. The van der Waals surface area contributed by atoms with E-state index in [1.807, 2.05) is 30.3 Å². The number of carbonyl (C=O) groups is 2. The van der Waals surface area contributed by atoms with E-state index in [0.717, 1.165) is 11.3 Å². The molecular formula is C24H23FN2O3. The third-order valence-electron chi connectivity index (χ3n) is 4.44. The number of hydrogen-bond donors (Lipinski definition) is 2. The SMILES string of the molecule is O=C(CCOc1ccccc1)NCc1ccc(C(=O)NCc2ccccc2F)cc1. The lowest BCUT2D eigenvalue weighted by Gasteiger charge is -2.09. The first kappa shape index (κ1) is 21.0. The van der Waals surface area contributed by atoms with Gasteiger partial charge in [-0.3, -0.25) is 9.59 Å². The minimum atomic E-state index is -0.349. The summed E-state index contributed by atoms with van der Waals surface area (Å²) in [6.45, 7) is 0.784. The Bertz CT molecular complexity index is 975. The lowest BCUT2D eigenvalue weighted by atomic mass is 10.1. The molecule has 0 bridgehead atoms. The summed E-state index contributed by atoms with van der Waals surface area (Å²) in [7, 11) is 0.